The van der Waals surface area contributed by atoms with Crippen molar-refractivity contribution in [2.75, 3.05) is 7.11 Å². The van der Waals surface area contributed by atoms with Crippen LogP contribution in [0.3, 0.4) is 0 Å². The van der Waals surface area contributed by atoms with Crippen LogP contribution in [0, 0.1) is 0 Å². The molecule has 0 bridgehead atoms. The van der Waals surface area contributed by atoms with Crippen molar-refractivity contribution in [3.05, 3.63) is 89.2 Å². The van der Waals surface area contributed by atoms with Gasteiger partial charge in [0.05, 0.1) is 29.7 Å². The largest absolute Gasteiger partial charge is 0.493 e. The molecule has 4 aromatic rings. The van der Waals surface area contributed by atoms with Gasteiger partial charge in [0.25, 0.3) is 5.91 Å². The second-order valence-corrected chi connectivity index (χ2v) is 7.39. The number of carbonyl (C=O) groups excluding carboxylic acids is 1. The van der Waals surface area contributed by atoms with E-state index in [0.29, 0.717) is 11.1 Å². The van der Waals surface area contributed by atoms with E-state index in [4.69, 9.17) is 4.74 Å². The van der Waals surface area contributed by atoms with E-state index in [-0.39, 0.29) is 22.3 Å². The zero-order valence-corrected chi connectivity index (χ0v) is 18.1. The summed E-state index contributed by atoms with van der Waals surface area (Å²) in [6, 6.07) is 16.3. The van der Waals surface area contributed by atoms with Crippen LogP contribution in [-0.2, 0) is 6.18 Å². The third-order valence-corrected chi connectivity index (χ3v) is 5.17. The van der Waals surface area contributed by atoms with E-state index in [0.717, 1.165) is 0 Å². The number of aromatic nitrogens is 2. The molecule has 4 rings (SSSR count). The van der Waals surface area contributed by atoms with E-state index in [2.05, 4.69) is 20.0 Å². The van der Waals surface area contributed by atoms with Crippen molar-refractivity contribution in [3.63, 3.8) is 0 Å². The number of para-hydroxylation sites is 1. The summed E-state index contributed by atoms with van der Waals surface area (Å²) in [5.41, 5.74) is 1.06. The summed E-state index contributed by atoms with van der Waals surface area (Å²) in [6.45, 7) is -3.20. The number of benzene rings is 3. The van der Waals surface area contributed by atoms with Crippen LogP contribution in [0.15, 0.2) is 66.7 Å². The predicted octanol–water partition coefficient (Wildman–Crippen LogP) is 5.71. The quantitative estimate of drug-likeness (QED) is 0.325. The monoisotopic (exact) mass is 491 g/mol. The Labute approximate surface area is 195 Å². The third-order valence-electron chi connectivity index (χ3n) is 5.17. The molecular weight excluding hydrogens is 473 g/mol. The molecule has 11 heteroatoms. The highest BCUT2D eigenvalue weighted by Gasteiger charge is 2.35. The van der Waals surface area contributed by atoms with Gasteiger partial charge in [-0.2, -0.15) is 22.0 Å². The topological polar surface area (TPSA) is 76.2 Å². The second-order valence-electron chi connectivity index (χ2n) is 7.39. The lowest BCUT2D eigenvalue weighted by Crippen LogP contribution is -2.30. The molecule has 1 heterocycles. The molecule has 2 N–H and O–H groups in total. The van der Waals surface area contributed by atoms with E-state index in [1.54, 1.807) is 30.3 Å². The molecule has 3 aromatic carbocycles. The van der Waals surface area contributed by atoms with Crippen LogP contribution in [0.1, 0.15) is 33.4 Å². The van der Waals surface area contributed by atoms with Gasteiger partial charge in [0.1, 0.15) is 0 Å². The number of imidazole rings is 1. The van der Waals surface area contributed by atoms with Gasteiger partial charge < -0.3 is 19.8 Å². The lowest BCUT2D eigenvalue weighted by Gasteiger charge is -2.21. The summed E-state index contributed by atoms with van der Waals surface area (Å²) in [5.74, 6) is -2.40. The number of fused-ring (bicyclic) bond motifs is 1. The van der Waals surface area contributed by atoms with E-state index in [1.807, 2.05) is 0 Å². The molecule has 0 aliphatic heterocycles. The van der Waals surface area contributed by atoms with Gasteiger partial charge in [0.2, 0.25) is 5.82 Å². The number of alkyl halides is 5. The van der Waals surface area contributed by atoms with Gasteiger partial charge in [0.15, 0.2) is 11.5 Å². The first kappa shape index (κ1) is 24.0. The molecule has 0 aliphatic carbocycles. The van der Waals surface area contributed by atoms with E-state index < -0.39 is 36.3 Å². The van der Waals surface area contributed by atoms with Gasteiger partial charge in [-0.3, -0.25) is 4.79 Å². The Balaban J connectivity index is 1.75. The zero-order valence-electron chi connectivity index (χ0n) is 18.1. The number of rotatable bonds is 7. The third kappa shape index (κ3) is 5.18. The minimum atomic E-state index is -4.65. The van der Waals surface area contributed by atoms with Crippen molar-refractivity contribution in [3.8, 4) is 11.5 Å². The Kier molecular flexibility index (Phi) is 6.59. The van der Waals surface area contributed by atoms with Crippen molar-refractivity contribution in [1.82, 2.24) is 15.3 Å². The van der Waals surface area contributed by atoms with Crippen molar-refractivity contribution in [2.45, 2.75) is 18.8 Å². The average molecular weight is 491 g/mol. The summed E-state index contributed by atoms with van der Waals surface area (Å²) >= 11 is 0. The fraction of sp³-hybridized carbons (Fsp3) is 0.167. The maximum atomic E-state index is 13.2. The SMILES string of the molecule is COc1cccc(C(=O)NC(c2ccccc2)c2ccc3nc(C(F)(F)F)[nH]c3c2)c1OC(F)F. The number of ether oxygens (including phenoxy) is 2. The minimum Gasteiger partial charge on any atom is -0.493 e. The first-order valence-electron chi connectivity index (χ1n) is 10.2. The van der Waals surface area contributed by atoms with Gasteiger partial charge >= 0.3 is 12.8 Å². The molecule has 1 atom stereocenters. The van der Waals surface area contributed by atoms with Gasteiger partial charge in [-0.25, -0.2) is 4.98 Å². The number of carbonyl (C=O) groups is 1. The smallest absolute Gasteiger partial charge is 0.449 e. The van der Waals surface area contributed by atoms with Gasteiger partial charge in [0, 0.05) is 0 Å². The molecule has 6 nitrogen and oxygen atoms in total. The summed E-state index contributed by atoms with van der Waals surface area (Å²) in [7, 11) is 1.25. The molecule has 182 valence electrons. The number of amides is 1. The maximum Gasteiger partial charge on any atom is 0.449 e. The van der Waals surface area contributed by atoms with Gasteiger partial charge in [-0.05, 0) is 35.4 Å². The Morgan fingerprint density at radius 1 is 1.00 bits per heavy atom. The number of halogens is 5. The summed E-state index contributed by atoms with van der Waals surface area (Å²) in [5, 5.41) is 2.76. The number of aromatic amines is 1. The predicted molar refractivity (Wildman–Crippen MR) is 116 cm³/mol. The standard InChI is InChI=1S/C24H18F5N3O3/c1-34-18-9-5-8-15(20(18)35-23(25)26)21(33)32-19(13-6-3-2-4-7-13)14-10-11-16-17(12-14)31-22(30-16)24(27,28)29/h2-12,19,23H,1H3,(H,30,31)(H,32,33). The minimum absolute atomic E-state index is 0.0622. The van der Waals surface area contributed by atoms with Crippen molar-refractivity contribution < 1.29 is 36.2 Å². The highest BCUT2D eigenvalue weighted by molar-refractivity contribution is 5.98. The van der Waals surface area contributed by atoms with Crippen molar-refractivity contribution in [2.24, 2.45) is 0 Å². The Hall–Kier alpha value is -4.15. The van der Waals surface area contributed by atoms with Crippen LogP contribution >= 0.6 is 0 Å². The average Bonchev–Trinajstić information content (AvgIpc) is 3.27. The number of nitrogens with one attached hydrogen (secondary N) is 2. The molecule has 0 aliphatic rings. The van der Waals surface area contributed by atoms with Gasteiger partial charge in [-0.1, -0.05) is 42.5 Å². The second kappa shape index (κ2) is 9.61. The lowest BCUT2D eigenvalue weighted by atomic mass is 9.97. The number of methoxy groups -OCH3 is 1. The van der Waals surface area contributed by atoms with E-state index >= 15 is 0 Å². The van der Waals surface area contributed by atoms with Crippen molar-refractivity contribution >= 4 is 16.9 Å². The molecule has 1 aromatic heterocycles. The Morgan fingerprint density at radius 3 is 2.40 bits per heavy atom. The van der Waals surface area contributed by atoms with Crippen LogP contribution in [0.5, 0.6) is 11.5 Å². The Morgan fingerprint density at radius 2 is 1.74 bits per heavy atom. The number of nitrogens with zero attached hydrogens (tertiary/aromatic N) is 1. The molecule has 0 saturated heterocycles. The van der Waals surface area contributed by atoms with E-state index in [9.17, 15) is 26.7 Å². The van der Waals surface area contributed by atoms with Crippen LogP contribution in [0.4, 0.5) is 22.0 Å². The normalized spacial score (nSPS) is 12.5. The molecular formula is C24H18F5N3O3. The lowest BCUT2D eigenvalue weighted by molar-refractivity contribution is -0.144. The molecule has 0 spiro atoms. The summed E-state index contributed by atoms with van der Waals surface area (Å²) in [4.78, 5) is 19.0. The zero-order chi connectivity index (χ0) is 25.2. The van der Waals surface area contributed by atoms with Crippen LogP contribution in [-0.4, -0.2) is 29.6 Å². The van der Waals surface area contributed by atoms with Crippen LogP contribution < -0.4 is 14.8 Å². The first-order chi connectivity index (χ1) is 16.7. The fourth-order valence-corrected chi connectivity index (χ4v) is 3.62. The molecule has 1 unspecified atom stereocenters. The van der Waals surface area contributed by atoms with Gasteiger partial charge in [-0.15, -0.1) is 0 Å². The molecule has 0 saturated carbocycles. The summed E-state index contributed by atoms with van der Waals surface area (Å²) < 4.78 is 74.8. The maximum absolute atomic E-state index is 13.2. The molecule has 0 fully saturated rings. The molecule has 35 heavy (non-hydrogen) atoms. The number of hydrogen-bond acceptors (Lipinski definition) is 4. The molecule has 1 amide bonds. The number of H-pyrrole nitrogens is 1. The van der Waals surface area contributed by atoms with Crippen LogP contribution in [0.2, 0.25) is 0 Å². The first-order valence-corrected chi connectivity index (χ1v) is 10.2. The number of hydrogen-bond donors (Lipinski definition) is 2. The fourth-order valence-electron chi connectivity index (χ4n) is 3.62. The highest BCUT2D eigenvalue weighted by Crippen LogP contribution is 2.34. The Bertz CT molecular complexity index is 1340. The highest BCUT2D eigenvalue weighted by atomic mass is 19.4. The van der Waals surface area contributed by atoms with E-state index in [1.165, 1.54) is 43.5 Å². The van der Waals surface area contributed by atoms with Crippen LogP contribution in [0.25, 0.3) is 11.0 Å². The molecule has 0 radical (unpaired) electrons. The summed E-state index contributed by atoms with van der Waals surface area (Å²) in [6.07, 6.45) is -4.65. The van der Waals surface area contributed by atoms with Crippen molar-refractivity contribution in [1.29, 1.82) is 0 Å².